The number of pyridine rings is 1. The van der Waals surface area contributed by atoms with Crippen LogP contribution in [0.25, 0.3) is 11.5 Å². The monoisotopic (exact) mass is 456 g/mol. The van der Waals surface area contributed by atoms with Crippen molar-refractivity contribution in [1.29, 1.82) is 0 Å². The number of carbonyl (C=O) groups is 1. The molecule has 0 amide bonds. The largest absolute Gasteiger partial charge is 0.497 e. The molecule has 34 heavy (non-hydrogen) atoms. The van der Waals surface area contributed by atoms with E-state index >= 15 is 0 Å². The molecule has 3 heterocycles. The summed E-state index contributed by atoms with van der Waals surface area (Å²) < 4.78 is 13.2. The number of nitrogens with zero attached hydrogens (tertiary/aromatic N) is 3. The van der Waals surface area contributed by atoms with Crippen molar-refractivity contribution < 1.29 is 19.4 Å². The number of benzene rings is 2. The van der Waals surface area contributed by atoms with Gasteiger partial charge in [-0.15, -0.1) is 0 Å². The number of anilines is 2. The van der Waals surface area contributed by atoms with Gasteiger partial charge in [0.15, 0.2) is 5.82 Å². The summed E-state index contributed by atoms with van der Waals surface area (Å²) in [4.78, 5) is 20.1. The predicted octanol–water partition coefficient (Wildman–Crippen LogP) is 4.96. The van der Waals surface area contributed by atoms with Gasteiger partial charge >= 0.3 is 5.97 Å². The second-order valence-corrected chi connectivity index (χ2v) is 8.08. The lowest BCUT2D eigenvalue weighted by Gasteiger charge is -2.27. The zero-order valence-electron chi connectivity index (χ0n) is 18.6. The Morgan fingerprint density at radius 2 is 1.94 bits per heavy atom. The fraction of sp³-hybridized carbons (Fsp3) is 0.192. The summed E-state index contributed by atoms with van der Waals surface area (Å²) in [5.41, 5.74) is 3.78. The van der Waals surface area contributed by atoms with Gasteiger partial charge in [0.1, 0.15) is 17.2 Å². The lowest BCUT2D eigenvalue weighted by Crippen LogP contribution is -2.19. The van der Waals surface area contributed by atoms with Crippen LogP contribution in [0.5, 0.6) is 11.5 Å². The molecule has 1 atom stereocenters. The molecule has 0 bridgehead atoms. The highest BCUT2D eigenvalue weighted by molar-refractivity contribution is 5.88. The molecule has 0 aliphatic carbocycles. The molecular formula is C26H24N4O4. The molecule has 0 fully saturated rings. The van der Waals surface area contributed by atoms with E-state index in [9.17, 15) is 9.90 Å². The van der Waals surface area contributed by atoms with Crippen molar-refractivity contribution in [3.05, 3.63) is 84.3 Å². The van der Waals surface area contributed by atoms with Gasteiger partial charge in [-0.2, -0.15) is 0 Å². The van der Waals surface area contributed by atoms with Crippen molar-refractivity contribution >= 4 is 17.3 Å². The number of ether oxygens (including phenoxy) is 2. The number of fused-ring (bicyclic) bond motifs is 1. The summed E-state index contributed by atoms with van der Waals surface area (Å²) in [7, 11) is 1.65. The SMILES string of the molecule is COc1ccc(Nc2ccc3c(c2)OCCC3Cn2ccnc2-c2cc(C(=O)O)ccn2)cc1. The second kappa shape index (κ2) is 9.27. The molecule has 0 radical (unpaired) electrons. The molecule has 2 aromatic heterocycles. The average Bonchev–Trinajstić information content (AvgIpc) is 3.33. The van der Waals surface area contributed by atoms with Crippen LogP contribution >= 0.6 is 0 Å². The number of hydrogen-bond acceptors (Lipinski definition) is 6. The first-order valence-electron chi connectivity index (χ1n) is 11.0. The van der Waals surface area contributed by atoms with E-state index in [-0.39, 0.29) is 11.5 Å². The van der Waals surface area contributed by atoms with Gasteiger partial charge in [0.25, 0.3) is 0 Å². The first-order chi connectivity index (χ1) is 16.6. The Morgan fingerprint density at radius 1 is 1.12 bits per heavy atom. The normalized spacial score (nSPS) is 14.7. The van der Waals surface area contributed by atoms with Gasteiger partial charge in [0.2, 0.25) is 0 Å². The fourth-order valence-corrected chi connectivity index (χ4v) is 4.18. The van der Waals surface area contributed by atoms with Gasteiger partial charge in [-0.25, -0.2) is 9.78 Å². The van der Waals surface area contributed by atoms with Crippen molar-refractivity contribution in [2.75, 3.05) is 19.0 Å². The topological polar surface area (TPSA) is 98.5 Å². The number of aromatic carboxylic acids is 1. The number of carboxylic acid groups (broad SMARTS) is 1. The van der Waals surface area contributed by atoms with Crippen LogP contribution in [0.3, 0.4) is 0 Å². The van der Waals surface area contributed by atoms with E-state index in [0.717, 1.165) is 34.9 Å². The molecule has 0 saturated carbocycles. The Hall–Kier alpha value is -4.33. The van der Waals surface area contributed by atoms with Crippen molar-refractivity contribution in [3.8, 4) is 23.0 Å². The van der Waals surface area contributed by atoms with Crippen LogP contribution in [0.2, 0.25) is 0 Å². The molecule has 8 nitrogen and oxygen atoms in total. The van der Waals surface area contributed by atoms with Gasteiger partial charge in [-0.05, 0) is 54.4 Å². The lowest BCUT2D eigenvalue weighted by molar-refractivity contribution is 0.0696. The maximum absolute atomic E-state index is 11.4. The van der Waals surface area contributed by atoms with Crippen molar-refractivity contribution in [2.24, 2.45) is 0 Å². The number of nitrogens with one attached hydrogen (secondary N) is 1. The number of rotatable bonds is 7. The smallest absolute Gasteiger partial charge is 0.335 e. The lowest BCUT2D eigenvalue weighted by atomic mass is 9.92. The first kappa shape index (κ1) is 21.5. The minimum Gasteiger partial charge on any atom is -0.497 e. The summed E-state index contributed by atoms with van der Waals surface area (Å²) in [6, 6.07) is 17.0. The highest BCUT2D eigenvalue weighted by Gasteiger charge is 2.23. The van der Waals surface area contributed by atoms with Crippen molar-refractivity contribution in [2.45, 2.75) is 18.9 Å². The zero-order valence-corrected chi connectivity index (χ0v) is 18.6. The van der Waals surface area contributed by atoms with E-state index in [1.165, 1.54) is 12.3 Å². The molecule has 2 aromatic carbocycles. The molecule has 5 rings (SSSR count). The van der Waals surface area contributed by atoms with E-state index in [2.05, 4.69) is 27.4 Å². The molecular weight excluding hydrogens is 432 g/mol. The van der Waals surface area contributed by atoms with E-state index < -0.39 is 5.97 Å². The predicted molar refractivity (Wildman–Crippen MR) is 128 cm³/mol. The number of carboxylic acids is 1. The van der Waals surface area contributed by atoms with Crippen LogP contribution in [0.4, 0.5) is 11.4 Å². The second-order valence-electron chi connectivity index (χ2n) is 8.08. The van der Waals surface area contributed by atoms with E-state index in [4.69, 9.17) is 9.47 Å². The Balaban J connectivity index is 1.36. The third kappa shape index (κ3) is 4.43. The van der Waals surface area contributed by atoms with Crippen LogP contribution < -0.4 is 14.8 Å². The standard InChI is InChI=1S/C26H24N4O4/c1-33-21-5-2-19(3-6-21)29-20-4-7-22-18(9-13-34-24(22)15-20)16-30-12-11-28-25(30)23-14-17(26(31)32)8-10-27-23/h2-8,10-12,14-15,18,29H,9,13,16H2,1H3,(H,31,32). The molecule has 0 spiro atoms. The highest BCUT2D eigenvalue weighted by atomic mass is 16.5. The van der Waals surface area contributed by atoms with Crippen LogP contribution in [-0.2, 0) is 6.54 Å². The molecule has 1 aliphatic heterocycles. The van der Waals surface area contributed by atoms with E-state index in [0.29, 0.717) is 24.7 Å². The molecule has 1 unspecified atom stereocenters. The van der Waals surface area contributed by atoms with Crippen LogP contribution in [0, 0.1) is 0 Å². The number of imidazole rings is 1. The third-order valence-corrected chi connectivity index (χ3v) is 5.92. The minimum atomic E-state index is -0.987. The fourth-order valence-electron chi connectivity index (χ4n) is 4.18. The Labute approximate surface area is 196 Å². The summed E-state index contributed by atoms with van der Waals surface area (Å²) in [6.07, 6.45) is 5.99. The first-order valence-corrected chi connectivity index (χ1v) is 11.0. The highest BCUT2D eigenvalue weighted by Crippen LogP contribution is 2.37. The van der Waals surface area contributed by atoms with Crippen molar-refractivity contribution in [1.82, 2.24) is 14.5 Å². The number of methoxy groups -OCH3 is 1. The summed E-state index contributed by atoms with van der Waals surface area (Å²) in [5, 5.41) is 12.7. The number of aromatic nitrogens is 3. The zero-order chi connectivity index (χ0) is 23.5. The molecule has 0 saturated heterocycles. The Bertz CT molecular complexity index is 1320. The van der Waals surface area contributed by atoms with Gasteiger partial charge in [0.05, 0.1) is 19.3 Å². The number of hydrogen-bond donors (Lipinski definition) is 2. The maximum Gasteiger partial charge on any atom is 0.335 e. The van der Waals surface area contributed by atoms with Gasteiger partial charge in [0, 0.05) is 48.5 Å². The van der Waals surface area contributed by atoms with Gasteiger partial charge < -0.3 is 24.5 Å². The van der Waals surface area contributed by atoms with Crippen LogP contribution in [0.15, 0.2) is 73.2 Å². The third-order valence-electron chi connectivity index (χ3n) is 5.92. The Kier molecular flexibility index (Phi) is 5.86. The minimum absolute atomic E-state index is 0.188. The van der Waals surface area contributed by atoms with Gasteiger partial charge in [-0.3, -0.25) is 4.98 Å². The summed E-state index contributed by atoms with van der Waals surface area (Å²) in [6.45, 7) is 1.32. The van der Waals surface area contributed by atoms with Crippen molar-refractivity contribution in [3.63, 3.8) is 0 Å². The molecule has 2 N–H and O–H groups in total. The van der Waals surface area contributed by atoms with Gasteiger partial charge in [-0.1, -0.05) is 6.07 Å². The molecule has 4 aromatic rings. The average molecular weight is 457 g/mol. The van der Waals surface area contributed by atoms with E-state index in [1.807, 2.05) is 41.1 Å². The van der Waals surface area contributed by atoms with Crippen LogP contribution in [-0.4, -0.2) is 39.3 Å². The Morgan fingerprint density at radius 3 is 2.74 bits per heavy atom. The maximum atomic E-state index is 11.4. The van der Waals surface area contributed by atoms with E-state index in [1.54, 1.807) is 19.4 Å². The van der Waals surface area contributed by atoms with Crippen LogP contribution in [0.1, 0.15) is 28.3 Å². The molecule has 1 aliphatic rings. The quantitative estimate of drug-likeness (QED) is 0.405. The molecule has 8 heteroatoms. The summed E-state index contributed by atoms with van der Waals surface area (Å²) >= 11 is 0. The molecule has 172 valence electrons. The summed E-state index contributed by atoms with van der Waals surface area (Å²) in [5.74, 6) is 1.57.